The number of nitrogens with one attached hydrogen (secondary N) is 1. The lowest BCUT2D eigenvalue weighted by Gasteiger charge is -2.05. The van der Waals surface area contributed by atoms with Crippen molar-refractivity contribution in [1.29, 1.82) is 5.41 Å². The molecule has 0 unspecified atom stereocenters. The van der Waals surface area contributed by atoms with E-state index in [4.69, 9.17) is 27.3 Å². The summed E-state index contributed by atoms with van der Waals surface area (Å²) in [6, 6.07) is 0. The lowest BCUT2D eigenvalue weighted by molar-refractivity contribution is 0.104. The molecule has 1 heterocycles. The van der Waals surface area contributed by atoms with Gasteiger partial charge in [-0.15, -0.1) is 9.46 Å². The molecule has 8 heteroatoms. The van der Waals surface area contributed by atoms with E-state index in [1.807, 2.05) is 0 Å². The second-order valence-corrected chi connectivity index (χ2v) is 2.05. The summed E-state index contributed by atoms with van der Waals surface area (Å²) in [6.45, 7) is 0. The molecule has 1 rings (SSSR count). The number of hydrogen-bond acceptors (Lipinski definition) is 6. The highest BCUT2D eigenvalue weighted by Crippen LogP contribution is 2.01. The van der Waals surface area contributed by atoms with Crippen LogP contribution in [0.2, 0.25) is 0 Å². The Morgan fingerprint density at radius 3 is 2.25 bits per heavy atom. The third-order valence-corrected chi connectivity index (χ3v) is 1.33. The van der Waals surface area contributed by atoms with Crippen LogP contribution in [0.25, 0.3) is 0 Å². The molecule has 0 bridgehead atoms. The second-order valence-electron chi connectivity index (χ2n) is 2.05. The maximum Gasteiger partial charge on any atom is 0.397 e. The molecule has 0 saturated heterocycles. The van der Waals surface area contributed by atoms with Crippen LogP contribution < -0.4 is 22.6 Å². The Labute approximate surface area is 65.3 Å². The first-order chi connectivity index (χ1) is 5.46. The van der Waals surface area contributed by atoms with Gasteiger partial charge < -0.3 is 21.9 Å². The lowest BCUT2D eigenvalue weighted by atomic mass is 10.5. The van der Waals surface area contributed by atoms with Crippen LogP contribution in [0.4, 0.5) is 11.5 Å². The van der Waals surface area contributed by atoms with Crippen LogP contribution in [-0.4, -0.2) is 19.9 Å². The van der Waals surface area contributed by atoms with Crippen molar-refractivity contribution in [3.05, 3.63) is 16.0 Å². The number of aromatic nitrogens is 2. The van der Waals surface area contributed by atoms with E-state index < -0.39 is 17.0 Å². The van der Waals surface area contributed by atoms with Gasteiger partial charge in [-0.2, -0.15) is 0 Å². The van der Waals surface area contributed by atoms with Gasteiger partial charge in [0.1, 0.15) is 5.69 Å². The Morgan fingerprint density at radius 1 is 1.25 bits per heavy atom. The molecule has 0 fully saturated rings. The van der Waals surface area contributed by atoms with Gasteiger partial charge in [-0.1, -0.05) is 0 Å². The van der Waals surface area contributed by atoms with E-state index >= 15 is 0 Å². The molecule has 1 aromatic rings. The Morgan fingerprint density at radius 2 is 1.75 bits per heavy atom. The smallest absolute Gasteiger partial charge is 0.397 e. The van der Waals surface area contributed by atoms with Crippen LogP contribution in [0.5, 0.6) is 0 Å². The van der Waals surface area contributed by atoms with Gasteiger partial charge >= 0.3 is 5.69 Å². The number of anilines is 2. The molecular weight excluding hydrogens is 166 g/mol. The van der Waals surface area contributed by atoms with Gasteiger partial charge in [0.15, 0.2) is 11.3 Å². The quantitative estimate of drug-likeness (QED) is 0.282. The molecule has 0 amide bonds. The SMILES string of the molecule is N=c1c(N)c(N)n(O)c(=O)n1O. The Bertz CT molecular complexity index is 392. The van der Waals surface area contributed by atoms with Crippen molar-refractivity contribution in [3.63, 3.8) is 0 Å². The standard InChI is InChI=1S/C4H7N5O3/c5-1-2(6)8(11)4(10)9(12)3(1)7/h6,11-12H,5,7H2. The van der Waals surface area contributed by atoms with Crippen molar-refractivity contribution >= 4 is 11.5 Å². The number of nitrogens with two attached hydrogens (primary N) is 2. The fraction of sp³-hybridized carbons (Fsp3) is 0. The molecule has 12 heavy (non-hydrogen) atoms. The van der Waals surface area contributed by atoms with Gasteiger partial charge in [0.25, 0.3) is 0 Å². The molecular formula is C4H7N5O3. The predicted molar refractivity (Wildman–Crippen MR) is 37.7 cm³/mol. The lowest BCUT2D eigenvalue weighted by Crippen LogP contribution is -2.40. The van der Waals surface area contributed by atoms with Crippen LogP contribution in [0, 0.1) is 5.41 Å². The first-order valence-electron chi connectivity index (χ1n) is 2.83. The second kappa shape index (κ2) is 2.19. The molecule has 7 N–H and O–H groups in total. The molecule has 0 saturated carbocycles. The summed E-state index contributed by atoms with van der Waals surface area (Å²) in [7, 11) is 0. The Kier molecular flexibility index (Phi) is 1.45. The molecule has 0 aromatic carbocycles. The minimum Gasteiger partial charge on any atom is -0.422 e. The summed E-state index contributed by atoms with van der Waals surface area (Å²) in [6.07, 6.45) is 0. The van der Waals surface area contributed by atoms with Crippen molar-refractivity contribution < 1.29 is 10.4 Å². The number of rotatable bonds is 0. The maximum atomic E-state index is 10.7. The van der Waals surface area contributed by atoms with E-state index in [9.17, 15) is 4.79 Å². The highest BCUT2D eigenvalue weighted by Gasteiger charge is 2.10. The largest absolute Gasteiger partial charge is 0.422 e. The van der Waals surface area contributed by atoms with E-state index in [1.54, 1.807) is 0 Å². The van der Waals surface area contributed by atoms with Crippen molar-refractivity contribution in [3.8, 4) is 0 Å². The average molecular weight is 173 g/mol. The summed E-state index contributed by atoms with van der Waals surface area (Å²) >= 11 is 0. The predicted octanol–water partition coefficient (Wildman–Crippen LogP) is -2.23. The number of nitrogen functional groups attached to an aromatic ring is 2. The van der Waals surface area contributed by atoms with Gasteiger partial charge in [0.05, 0.1) is 0 Å². The Balaban J connectivity index is 3.86. The third kappa shape index (κ3) is 0.779. The topological polar surface area (TPSA) is 143 Å². The maximum absolute atomic E-state index is 10.7. The highest BCUT2D eigenvalue weighted by atomic mass is 16.5. The fourth-order valence-corrected chi connectivity index (χ4v) is 0.638. The van der Waals surface area contributed by atoms with Gasteiger partial charge in [0.2, 0.25) is 0 Å². The first kappa shape index (κ1) is 7.98. The minimum absolute atomic E-state index is 0.0482. The van der Waals surface area contributed by atoms with Gasteiger partial charge in [-0.05, 0) is 0 Å². The third-order valence-electron chi connectivity index (χ3n) is 1.33. The van der Waals surface area contributed by atoms with Crippen LogP contribution >= 0.6 is 0 Å². The zero-order chi connectivity index (χ0) is 9.46. The summed E-state index contributed by atoms with van der Waals surface area (Å²) in [4.78, 5) is 10.7. The fourth-order valence-electron chi connectivity index (χ4n) is 0.638. The molecule has 1 aromatic heterocycles. The zero-order valence-electron chi connectivity index (χ0n) is 5.85. The summed E-state index contributed by atoms with van der Waals surface area (Å²) in [5.74, 6) is -0.477. The van der Waals surface area contributed by atoms with Crippen molar-refractivity contribution in [2.24, 2.45) is 0 Å². The monoisotopic (exact) mass is 173 g/mol. The molecule has 0 aliphatic carbocycles. The van der Waals surface area contributed by atoms with E-state index in [1.165, 1.54) is 0 Å². The van der Waals surface area contributed by atoms with Crippen LogP contribution in [0.3, 0.4) is 0 Å². The Hall–Kier alpha value is -2.12. The summed E-state index contributed by atoms with van der Waals surface area (Å²) < 4.78 is -0.168. The van der Waals surface area contributed by atoms with Crippen LogP contribution in [-0.2, 0) is 0 Å². The van der Waals surface area contributed by atoms with E-state index in [0.29, 0.717) is 0 Å². The highest BCUT2D eigenvalue weighted by molar-refractivity contribution is 5.55. The number of hydrogen-bond donors (Lipinski definition) is 5. The first-order valence-corrected chi connectivity index (χ1v) is 2.83. The van der Waals surface area contributed by atoms with Crippen molar-refractivity contribution in [1.82, 2.24) is 9.46 Å². The molecule has 0 spiro atoms. The summed E-state index contributed by atoms with van der Waals surface area (Å²) in [5, 5.41) is 24.6. The molecule has 0 atom stereocenters. The average Bonchev–Trinajstić information content (AvgIpc) is 2.08. The van der Waals surface area contributed by atoms with Crippen molar-refractivity contribution in [2.45, 2.75) is 0 Å². The van der Waals surface area contributed by atoms with Crippen LogP contribution in [0.15, 0.2) is 4.79 Å². The molecule has 0 aliphatic rings. The van der Waals surface area contributed by atoms with Crippen LogP contribution in [0.1, 0.15) is 0 Å². The molecule has 8 nitrogen and oxygen atoms in total. The van der Waals surface area contributed by atoms with Gasteiger partial charge in [-0.3, -0.25) is 5.41 Å². The summed E-state index contributed by atoms with van der Waals surface area (Å²) in [5.41, 5.74) is 7.95. The van der Waals surface area contributed by atoms with Crippen molar-refractivity contribution in [2.75, 3.05) is 11.5 Å². The van der Waals surface area contributed by atoms with E-state index in [0.717, 1.165) is 0 Å². The molecule has 0 aliphatic heterocycles. The molecule has 0 radical (unpaired) electrons. The van der Waals surface area contributed by atoms with E-state index in [2.05, 4.69) is 0 Å². The number of nitrogens with zero attached hydrogens (tertiary/aromatic N) is 2. The van der Waals surface area contributed by atoms with Gasteiger partial charge in [-0.25, -0.2) is 4.79 Å². The zero-order valence-corrected chi connectivity index (χ0v) is 5.85. The normalized spacial score (nSPS) is 10.0. The molecule has 66 valence electrons. The van der Waals surface area contributed by atoms with E-state index in [-0.39, 0.29) is 15.1 Å². The van der Waals surface area contributed by atoms with Gasteiger partial charge in [0, 0.05) is 0 Å². The minimum atomic E-state index is -1.24.